The second-order valence-corrected chi connectivity index (χ2v) is 6.19. The van der Waals surface area contributed by atoms with Gasteiger partial charge in [0.25, 0.3) is 0 Å². The highest BCUT2D eigenvalue weighted by atomic mass is 35.5. The number of benzene rings is 1. The lowest BCUT2D eigenvalue weighted by Gasteiger charge is -2.12. The van der Waals surface area contributed by atoms with Crippen LogP contribution in [0.2, 0.25) is 5.02 Å². The fourth-order valence-electron chi connectivity index (χ4n) is 1.61. The Morgan fingerprint density at radius 3 is 2.82 bits per heavy atom. The number of nitrogens with one attached hydrogen (secondary N) is 2. The minimum Gasteiger partial charge on any atom is -0.383 e. The molecule has 0 radical (unpaired) electrons. The van der Waals surface area contributed by atoms with Crippen LogP contribution in [-0.2, 0) is 4.74 Å². The average molecular weight is 354 g/mol. The fourth-order valence-corrected chi connectivity index (χ4v) is 2.79. The summed E-state index contributed by atoms with van der Waals surface area (Å²) in [6.07, 6.45) is 1.75. The molecule has 0 saturated carbocycles. The molecule has 0 spiro atoms. The van der Waals surface area contributed by atoms with Crippen molar-refractivity contribution in [3.05, 3.63) is 47.6 Å². The molecule has 2 rings (SSSR count). The van der Waals surface area contributed by atoms with E-state index in [4.69, 9.17) is 28.6 Å². The van der Waals surface area contributed by atoms with Crippen molar-refractivity contribution in [3.63, 3.8) is 0 Å². The van der Waals surface area contributed by atoms with Crippen molar-refractivity contribution in [1.82, 2.24) is 10.3 Å². The van der Waals surface area contributed by atoms with Gasteiger partial charge in [0.1, 0.15) is 5.03 Å². The first-order valence-electron chi connectivity index (χ1n) is 6.61. The Hall–Kier alpha value is -1.34. The van der Waals surface area contributed by atoms with Crippen LogP contribution in [0, 0.1) is 0 Å². The molecule has 1 heterocycles. The number of thiocarbonyl (C=S) groups is 1. The molecule has 0 saturated heterocycles. The van der Waals surface area contributed by atoms with Gasteiger partial charge in [0, 0.05) is 29.8 Å². The van der Waals surface area contributed by atoms with E-state index < -0.39 is 0 Å². The van der Waals surface area contributed by atoms with Gasteiger partial charge in [0.15, 0.2) is 5.11 Å². The molecule has 0 fully saturated rings. The zero-order valence-electron chi connectivity index (χ0n) is 12.0. The van der Waals surface area contributed by atoms with Crippen molar-refractivity contribution in [2.75, 3.05) is 25.6 Å². The third-order valence-corrected chi connectivity index (χ3v) is 4.16. The number of pyridine rings is 1. The summed E-state index contributed by atoms with van der Waals surface area (Å²) in [6.45, 7) is 1.25. The van der Waals surface area contributed by atoms with Gasteiger partial charge >= 0.3 is 0 Å². The molecule has 7 heteroatoms. The first kappa shape index (κ1) is 17.0. The SMILES string of the molecule is COCCNC(=S)Nc1cccnc1Sc1ccc(Cl)cc1. The molecule has 116 valence electrons. The maximum absolute atomic E-state index is 5.90. The van der Waals surface area contributed by atoms with E-state index in [1.165, 1.54) is 0 Å². The summed E-state index contributed by atoms with van der Waals surface area (Å²) in [4.78, 5) is 5.46. The van der Waals surface area contributed by atoms with Crippen LogP contribution in [0.5, 0.6) is 0 Å². The number of ether oxygens (including phenoxy) is 1. The molecule has 0 unspecified atom stereocenters. The number of aromatic nitrogens is 1. The largest absolute Gasteiger partial charge is 0.383 e. The van der Waals surface area contributed by atoms with E-state index in [9.17, 15) is 0 Å². The summed E-state index contributed by atoms with van der Waals surface area (Å²) in [5.74, 6) is 0. The van der Waals surface area contributed by atoms with E-state index in [1.807, 2.05) is 36.4 Å². The first-order valence-corrected chi connectivity index (χ1v) is 8.21. The standard InChI is InChI=1S/C15H16ClN3OS2/c1-20-10-9-18-15(21)19-13-3-2-8-17-14(13)22-12-6-4-11(16)5-7-12/h2-8H,9-10H2,1H3,(H2,18,19,21). The maximum atomic E-state index is 5.90. The number of hydrogen-bond donors (Lipinski definition) is 2. The summed E-state index contributed by atoms with van der Waals surface area (Å²) in [5.41, 5.74) is 0.859. The number of methoxy groups -OCH3 is 1. The highest BCUT2D eigenvalue weighted by molar-refractivity contribution is 7.99. The molecule has 0 amide bonds. The maximum Gasteiger partial charge on any atom is 0.170 e. The lowest BCUT2D eigenvalue weighted by molar-refractivity contribution is 0.204. The molecule has 2 N–H and O–H groups in total. The molecule has 0 aliphatic rings. The predicted octanol–water partition coefficient (Wildman–Crippen LogP) is 3.82. The van der Waals surface area contributed by atoms with Gasteiger partial charge in [-0.25, -0.2) is 4.98 Å². The van der Waals surface area contributed by atoms with Crippen LogP contribution in [0.3, 0.4) is 0 Å². The lowest BCUT2D eigenvalue weighted by Crippen LogP contribution is -2.31. The smallest absolute Gasteiger partial charge is 0.170 e. The third kappa shape index (κ3) is 5.46. The van der Waals surface area contributed by atoms with Crippen LogP contribution in [0.1, 0.15) is 0 Å². The highest BCUT2D eigenvalue weighted by Gasteiger charge is 2.07. The van der Waals surface area contributed by atoms with E-state index in [2.05, 4.69) is 15.6 Å². The van der Waals surface area contributed by atoms with Crippen LogP contribution >= 0.6 is 35.6 Å². The molecular weight excluding hydrogens is 338 g/mol. The zero-order chi connectivity index (χ0) is 15.8. The monoisotopic (exact) mass is 353 g/mol. The average Bonchev–Trinajstić information content (AvgIpc) is 2.52. The van der Waals surface area contributed by atoms with E-state index >= 15 is 0 Å². The zero-order valence-corrected chi connectivity index (χ0v) is 14.4. The Balaban J connectivity index is 2.03. The second kappa shape index (κ2) is 8.95. The molecule has 2 aromatic rings. The van der Waals surface area contributed by atoms with E-state index in [-0.39, 0.29) is 0 Å². The van der Waals surface area contributed by atoms with E-state index in [1.54, 1.807) is 25.1 Å². The number of nitrogens with zero attached hydrogens (tertiary/aromatic N) is 1. The van der Waals surface area contributed by atoms with Crippen LogP contribution in [0.15, 0.2) is 52.5 Å². The van der Waals surface area contributed by atoms with Gasteiger partial charge in [-0.2, -0.15) is 0 Å². The van der Waals surface area contributed by atoms with Crippen molar-refractivity contribution >= 4 is 46.4 Å². The normalized spacial score (nSPS) is 10.3. The van der Waals surface area contributed by atoms with Gasteiger partial charge < -0.3 is 15.4 Å². The van der Waals surface area contributed by atoms with Gasteiger partial charge in [-0.05, 0) is 48.6 Å². The number of halogens is 1. The van der Waals surface area contributed by atoms with Gasteiger partial charge in [0.2, 0.25) is 0 Å². The molecule has 4 nitrogen and oxygen atoms in total. The van der Waals surface area contributed by atoms with Crippen molar-refractivity contribution in [1.29, 1.82) is 0 Å². The van der Waals surface area contributed by atoms with E-state index in [0.717, 1.165) is 15.6 Å². The Kier molecular flexibility index (Phi) is 6.92. The van der Waals surface area contributed by atoms with Gasteiger partial charge in [-0.1, -0.05) is 23.4 Å². The fraction of sp³-hybridized carbons (Fsp3) is 0.200. The van der Waals surface area contributed by atoms with Crippen LogP contribution in [0.25, 0.3) is 0 Å². The van der Waals surface area contributed by atoms with Gasteiger partial charge in [0.05, 0.1) is 12.3 Å². The Morgan fingerprint density at radius 1 is 1.32 bits per heavy atom. The quantitative estimate of drug-likeness (QED) is 0.608. The summed E-state index contributed by atoms with van der Waals surface area (Å²) < 4.78 is 4.98. The molecule has 1 aromatic carbocycles. The lowest BCUT2D eigenvalue weighted by atomic mass is 10.4. The Bertz CT molecular complexity index is 622. The number of rotatable bonds is 6. The molecule has 1 aromatic heterocycles. The highest BCUT2D eigenvalue weighted by Crippen LogP contribution is 2.31. The Morgan fingerprint density at radius 2 is 2.09 bits per heavy atom. The number of anilines is 1. The minimum atomic E-state index is 0.544. The predicted molar refractivity (Wildman–Crippen MR) is 95.9 cm³/mol. The van der Waals surface area contributed by atoms with Crippen molar-refractivity contribution in [3.8, 4) is 0 Å². The third-order valence-electron chi connectivity index (χ3n) is 2.64. The summed E-state index contributed by atoms with van der Waals surface area (Å²) in [6, 6.07) is 11.4. The molecule has 0 bridgehead atoms. The molecule has 0 aliphatic carbocycles. The van der Waals surface area contributed by atoms with Gasteiger partial charge in [-0.3, -0.25) is 0 Å². The summed E-state index contributed by atoms with van der Waals surface area (Å²) in [7, 11) is 1.65. The van der Waals surface area contributed by atoms with Crippen LogP contribution < -0.4 is 10.6 Å². The second-order valence-electron chi connectivity index (χ2n) is 4.29. The topological polar surface area (TPSA) is 46.2 Å². The first-order chi connectivity index (χ1) is 10.7. The number of hydrogen-bond acceptors (Lipinski definition) is 4. The summed E-state index contributed by atoms with van der Waals surface area (Å²) in [5, 5.41) is 8.34. The molecular formula is C15H16ClN3OS2. The van der Waals surface area contributed by atoms with Crippen molar-refractivity contribution in [2.24, 2.45) is 0 Å². The van der Waals surface area contributed by atoms with E-state index in [0.29, 0.717) is 23.3 Å². The van der Waals surface area contributed by atoms with Crippen LogP contribution in [0.4, 0.5) is 5.69 Å². The molecule has 0 aliphatic heterocycles. The molecule has 22 heavy (non-hydrogen) atoms. The Labute approximate surface area is 144 Å². The molecule has 0 atom stereocenters. The van der Waals surface area contributed by atoms with Crippen molar-refractivity contribution in [2.45, 2.75) is 9.92 Å². The van der Waals surface area contributed by atoms with Gasteiger partial charge in [-0.15, -0.1) is 0 Å². The van der Waals surface area contributed by atoms with Crippen LogP contribution in [-0.4, -0.2) is 30.4 Å². The summed E-state index contributed by atoms with van der Waals surface area (Å²) >= 11 is 12.7. The van der Waals surface area contributed by atoms with Crippen molar-refractivity contribution < 1.29 is 4.74 Å². The minimum absolute atomic E-state index is 0.544.